The molecule has 154 valence electrons. The van der Waals surface area contributed by atoms with Gasteiger partial charge in [0.25, 0.3) is 0 Å². The summed E-state index contributed by atoms with van der Waals surface area (Å²) in [6.45, 7) is 10.5. The number of hydrazine groups is 1. The Bertz CT molecular complexity index is 722. The van der Waals surface area contributed by atoms with Crippen molar-refractivity contribution in [3.63, 3.8) is 0 Å². The van der Waals surface area contributed by atoms with E-state index in [0.29, 0.717) is 25.0 Å². The monoisotopic (exact) mass is 407 g/mol. The van der Waals surface area contributed by atoms with Crippen molar-refractivity contribution in [2.75, 3.05) is 0 Å². The lowest BCUT2D eigenvalue weighted by atomic mass is 10.2. The number of thiophene rings is 1. The molecule has 0 unspecified atom stereocenters. The molecule has 1 heterocycles. The first-order valence-electron chi connectivity index (χ1n) is 9.06. The molecule has 1 aromatic heterocycles. The van der Waals surface area contributed by atoms with Gasteiger partial charge in [0.1, 0.15) is 11.2 Å². The lowest BCUT2D eigenvalue weighted by Gasteiger charge is -2.30. The van der Waals surface area contributed by atoms with Crippen LogP contribution < -0.4 is 5.43 Å². The standard InChI is InChI=1S/C20H29N3O4S/c1-19(2,3)26-17(24)22-23(18(25)27-20(4,5)6)15(11-8-7-9-13-21)16-12-10-14-28-16/h10-12,14H,7-9H2,1-6H3,(H,22,24)/b15-11+. The fourth-order valence-electron chi connectivity index (χ4n) is 2.05. The number of hydrogen-bond acceptors (Lipinski definition) is 6. The van der Waals surface area contributed by atoms with E-state index < -0.39 is 23.4 Å². The number of ether oxygens (including phenoxy) is 2. The van der Waals surface area contributed by atoms with Crippen LogP contribution in [0.25, 0.3) is 5.70 Å². The SMILES string of the molecule is CC(C)(C)OC(=O)NN(C(=O)OC(C)(C)C)/C(=C/CCCC#N)c1cccs1. The molecule has 1 rings (SSSR count). The summed E-state index contributed by atoms with van der Waals surface area (Å²) >= 11 is 1.42. The smallest absolute Gasteiger partial charge is 0.434 e. The van der Waals surface area contributed by atoms with E-state index in [1.165, 1.54) is 11.3 Å². The van der Waals surface area contributed by atoms with Crippen LogP contribution in [-0.2, 0) is 9.47 Å². The maximum atomic E-state index is 12.8. The molecule has 0 aliphatic heterocycles. The zero-order valence-corrected chi connectivity index (χ0v) is 18.2. The van der Waals surface area contributed by atoms with Crippen LogP contribution in [0.3, 0.4) is 0 Å². The molecule has 2 amide bonds. The van der Waals surface area contributed by atoms with E-state index in [0.717, 1.165) is 9.89 Å². The summed E-state index contributed by atoms with van der Waals surface area (Å²) in [5.41, 5.74) is 1.51. The van der Waals surface area contributed by atoms with Crippen LogP contribution in [0.2, 0.25) is 0 Å². The largest absolute Gasteiger partial charge is 0.443 e. The molecule has 0 radical (unpaired) electrons. The minimum Gasteiger partial charge on any atom is -0.443 e. The number of hydrogen-bond donors (Lipinski definition) is 1. The van der Waals surface area contributed by atoms with Crippen LogP contribution in [0.1, 0.15) is 65.7 Å². The number of rotatable bonds is 5. The van der Waals surface area contributed by atoms with E-state index in [-0.39, 0.29) is 0 Å². The first-order chi connectivity index (χ1) is 12.9. The molecule has 7 nitrogen and oxygen atoms in total. The normalized spacial score (nSPS) is 12.1. The number of nitrogens with zero attached hydrogens (tertiary/aromatic N) is 2. The molecule has 0 saturated heterocycles. The first-order valence-corrected chi connectivity index (χ1v) is 9.94. The Kier molecular flexibility index (Phi) is 8.51. The Balaban J connectivity index is 3.20. The van der Waals surface area contributed by atoms with Gasteiger partial charge in [-0.1, -0.05) is 12.1 Å². The van der Waals surface area contributed by atoms with E-state index in [1.54, 1.807) is 41.5 Å². The zero-order valence-electron chi connectivity index (χ0n) is 17.4. The van der Waals surface area contributed by atoms with E-state index in [4.69, 9.17) is 14.7 Å². The third-order valence-electron chi connectivity index (χ3n) is 3.02. The third kappa shape index (κ3) is 8.91. The van der Waals surface area contributed by atoms with Gasteiger partial charge in [-0.3, -0.25) is 0 Å². The molecule has 1 aromatic rings. The van der Waals surface area contributed by atoms with Crippen molar-refractivity contribution in [2.24, 2.45) is 0 Å². The molecule has 0 aliphatic carbocycles. The number of carbonyl (C=O) groups is 2. The van der Waals surface area contributed by atoms with Gasteiger partial charge in [-0.25, -0.2) is 15.0 Å². The topological polar surface area (TPSA) is 91.7 Å². The highest BCUT2D eigenvalue weighted by Gasteiger charge is 2.29. The van der Waals surface area contributed by atoms with Gasteiger partial charge in [-0.15, -0.1) is 11.3 Å². The Morgan fingerprint density at radius 2 is 1.86 bits per heavy atom. The van der Waals surface area contributed by atoms with E-state index >= 15 is 0 Å². The fourth-order valence-corrected chi connectivity index (χ4v) is 2.81. The molecule has 0 aliphatic rings. The summed E-state index contributed by atoms with van der Waals surface area (Å²) in [6.07, 6.45) is 1.93. The van der Waals surface area contributed by atoms with Crippen molar-refractivity contribution in [1.29, 1.82) is 5.26 Å². The van der Waals surface area contributed by atoms with Crippen molar-refractivity contribution in [2.45, 2.75) is 72.0 Å². The quantitative estimate of drug-likeness (QED) is 0.517. The highest BCUT2D eigenvalue weighted by Crippen LogP contribution is 2.26. The second kappa shape index (κ2) is 10.1. The molecule has 0 saturated carbocycles. The number of nitrogens with one attached hydrogen (secondary N) is 1. The van der Waals surface area contributed by atoms with Crippen molar-refractivity contribution in [3.05, 3.63) is 28.5 Å². The van der Waals surface area contributed by atoms with E-state index in [1.807, 2.05) is 23.6 Å². The number of amides is 2. The lowest BCUT2D eigenvalue weighted by molar-refractivity contribution is 0.0144. The summed E-state index contributed by atoms with van der Waals surface area (Å²) in [5.74, 6) is 0. The Hall–Kier alpha value is -2.53. The third-order valence-corrected chi connectivity index (χ3v) is 3.92. The molecular formula is C20H29N3O4S. The maximum Gasteiger partial charge on any atom is 0.434 e. The van der Waals surface area contributed by atoms with Gasteiger partial charge < -0.3 is 9.47 Å². The number of allylic oxidation sites excluding steroid dienone is 1. The summed E-state index contributed by atoms with van der Waals surface area (Å²) in [7, 11) is 0. The average molecular weight is 408 g/mol. The maximum absolute atomic E-state index is 12.8. The highest BCUT2D eigenvalue weighted by atomic mass is 32.1. The van der Waals surface area contributed by atoms with Crippen molar-refractivity contribution < 1.29 is 19.1 Å². The Morgan fingerprint density at radius 3 is 2.36 bits per heavy atom. The first kappa shape index (κ1) is 23.5. The summed E-state index contributed by atoms with van der Waals surface area (Å²) in [4.78, 5) is 25.9. The van der Waals surface area contributed by atoms with Crippen LogP contribution in [-0.4, -0.2) is 28.4 Å². The Morgan fingerprint density at radius 1 is 1.21 bits per heavy atom. The molecule has 0 bridgehead atoms. The minimum atomic E-state index is -0.766. The molecule has 0 aromatic carbocycles. The second-order valence-corrected chi connectivity index (χ2v) is 8.99. The van der Waals surface area contributed by atoms with Gasteiger partial charge in [0.05, 0.1) is 16.6 Å². The zero-order chi connectivity index (χ0) is 21.4. The van der Waals surface area contributed by atoms with Crippen molar-refractivity contribution in [3.8, 4) is 6.07 Å². The van der Waals surface area contributed by atoms with Gasteiger partial charge in [0.2, 0.25) is 0 Å². The number of nitriles is 1. The van der Waals surface area contributed by atoms with Gasteiger partial charge in [0, 0.05) is 6.42 Å². The van der Waals surface area contributed by atoms with Gasteiger partial charge in [0.15, 0.2) is 0 Å². The molecule has 1 N–H and O–H groups in total. The summed E-state index contributed by atoms with van der Waals surface area (Å²) < 4.78 is 10.8. The molecule has 0 fully saturated rings. The predicted octanol–water partition coefficient (Wildman–Crippen LogP) is 5.46. The van der Waals surface area contributed by atoms with Gasteiger partial charge >= 0.3 is 12.2 Å². The van der Waals surface area contributed by atoms with Crippen LogP contribution in [0.5, 0.6) is 0 Å². The summed E-state index contributed by atoms with van der Waals surface area (Å²) in [6, 6.07) is 5.79. The Labute approximate surface area is 170 Å². The fraction of sp³-hybridized carbons (Fsp3) is 0.550. The van der Waals surface area contributed by atoms with Crippen LogP contribution >= 0.6 is 11.3 Å². The van der Waals surface area contributed by atoms with Gasteiger partial charge in [-0.05, 0) is 65.8 Å². The highest BCUT2D eigenvalue weighted by molar-refractivity contribution is 7.11. The summed E-state index contributed by atoms with van der Waals surface area (Å²) in [5, 5.41) is 11.7. The molecule has 28 heavy (non-hydrogen) atoms. The van der Waals surface area contributed by atoms with Gasteiger partial charge in [-0.2, -0.15) is 10.3 Å². The molecule has 8 heteroatoms. The van der Waals surface area contributed by atoms with Crippen LogP contribution in [0.4, 0.5) is 9.59 Å². The van der Waals surface area contributed by atoms with Crippen LogP contribution in [0, 0.1) is 11.3 Å². The van der Waals surface area contributed by atoms with Crippen LogP contribution in [0.15, 0.2) is 23.6 Å². The number of unbranched alkanes of at least 4 members (excludes halogenated alkanes) is 2. The van der Waals surface area contributed by atoms with E-state index in [2.05, 4.69) is 11.5 Å². The molecule has 0 spiro atoms. The predicted molar refractivity (Wildman–Crippen MR) is 109 cm³/mol. The second-order valence-electron chi connectivity index (χ2n) is 8.05. The minimum absolute atomic E-state index is 0.403. The molecule has 0 atom stereocenters. The average Bonchev–Trinajstić information content (AvgIpc) is 3.04. The van der Waals surface area contributed by atoms with Crippen molar-refractivity contribution >= 4 is 29.2 Å². The van der Waals surface area contributed by atoms with Crippen molar-refractivity contribution in [1.82, 2.24) is 10.4 Å². The lowest BCUT2D eigenvalue weighted by Crippen LogP contribution is -2.48. The molecular weight excluding hydrogens is 378 g/mol. The number of carbonyl (C=O) groups excluding carboxylic acids is 2. The van der Waals surface area contributed by atoms with E-state index in [9.17, 15) is 9.59 Å².